The number of piperidine rings is 1. The van der Waals surface area contributed by atoms with Gasteiger partial charge in [-0.3, -0.25) is 14.4 Å². The Kier molecular flexibility index (Phi) is 5.32. The number of carboxylic acid groups (broad SMARTS) is 1. The van der Waals surface area contributed by atoms with Gasteiger partial charge < -0.3 is 15.7 Å². The number of carbonyl (C=O) groups excluding carboxylic acids is 2. The van der Waals surface area contributed by atoms with Crippen LogP contribution in [0, 0.1) is 11.8 Å². The molecule has 6 heteroatoms. The minimum absolute atomic E-state index is 0.0206. The van der Waals surface area contributed by atoms with Crippen LogP contribution in [0.3, 0.4) is 0 Å². The molecule has 6 nitrogen and oxygen atoms in total. The van der Waals surface area contributed by atoms with Crippen LogP contribution < -0.4 is 5.73 Å². The van der Waals surface area contributed by atoms with Crippen molar-refractivity contribution in [3.8, 4) is 0 Å². The number of carbonyl (C=O) groups is 3. The second kappa shape index (κ2) is 6.54. The lowest BCUT2D eigenvalue weighted by Gasteiger charge is -2.37. The molecule has 1 aliphatic rings. The Morgan fingerprint density at radius 1 is 1.32 bits per heavy atom. The zero-order chi connectivity index (χ0) is 14.6. The van der Waals surface area contributed by atoms with E-state index in [2.05, 4.69) is 0 Å². The zero-order valence-electron chi connectivity index (χ0n) is 11.5. The maximum absolute atomic E-state index is 12.1. The molecule has 1 aliphatic heterocycles. The molecule has 3 atom stereocenters. The monoisotopic (exact) mass is 270 g/mol. The average molecular weight is 270 g/mol. The number of rotatable bonds is 5. The van der Waals surface area contributed by atoms with Crippen molar-refractivity contribution in [3.63, 3.8) is 0 Å². The molecule has 3 N–H and O–H groups in total. The van der Waals surface area contributed by atoms with Gasteiger partial charge in [-0.05, 0) is 25.7 Å². The predicted octanol–water partition coefficient (Wildman–Crippen LogP) is 0.600. The summed E-state index contributed by atoms with van der Waals surface area (Å²) in [7, 11) is 0. The van der Waals surface area contributed by atoms with E-state index in [4.69, 9.17) is 10.8 Å². The standard InChI is InChI=1S/C13H22N2O4/c1-8(6-12(17)18)5-11(16)15-7-10(13(14)19)4-3-9(15)2/h8-10H,3-7H2,1-2H3,(H2,14,19)(H,17,18). The number of nitrogens with two attached hydrogens (primary N) is 1. The largest absolute Gasteiger partial charge is 0.481 e. The highest BCUT2D eigenvalue weighted by molar-refractivity contribution is 5.81. The third-order valence-corrected chi connectivity index (χ3v) is 3.65. The molecule has 1 saturated heterocycles. The van der Waals surface area contributed by atoms with Gasteiger partial charge in [0.25, 0.3) is 0 Å². The van der Waals surface area contributed by atoms with Crippen LogP contribution in [0.1, 0.15) is 39.5 Å². The quantitative estimate of drug-likeness (QED) is 0.763. The summed E-state index contributed by atoms with van der Waals surface area (Å²) in [6.07, 6.45) is 1.65. The Bertz CT molecular complexity index is 370. The first-order chi connectivity index (χ1) is 8.81. The number of primary amides is 1. The molecule has 1 rings (SSSR count). The molecular formula is C13H22N2O4. The normalized spacial score (nSPS) is 24.8. The van der Waals surface area contributed by atoms with Crippen molar-refractivity contribution in [1.29, 1.82) is 0 Å². The molecule has 0 aromatic carbocycles. The first-order valence-corrected chi connectivity index (χ1v) is 6.61. The van der Waals surface area contributed by atoms with E-state index >= 15 is 0 Å². The number of carboxylic acids is 1. The van der Waals surface area contributed by atoms with E-state index in [1.807, 2.05) is 6.92 Å². The van der Waals surface area contributed by atoms with Gasteiger partial charge in [-0.25, -0.2) is 0 Å². The molecule has 0 saturated carbocycles. The summed E-state index contributed by atoms with van der Waals surface area (Å²) in [6, 6.07) is 0.0835. The summed E-state index contributed by atoms with van der Waals surface area (Å²) >= 11 is 0. The lowest BCUT2D eigenvalue weighted by molar-refractivity contribution is -0.140. The van der Waals surface area contributed by atoms with Crippen LogP contribution in [0.5, 0.6) is 0 Å². The SMILES string of the molecule is CC(CC(=O)O)CC(=O)N1CC(C(N)=O)CCC1C. The van der Waals surface area contributed by atoms with Crippen molar-refractivity contribution >= 4 is 17.8 Å². The van der Waals surface area contributed by atoms with Crippen LogP contribution in [-0.4, -0.2) is 40.4 Å². The van der Waals surface area contributed by atoms with Crippen molar-refractivity contribution in [2.45, 2.75) is 45.6 Å². The van der Waals surface area contributed by atoms with Crippen molar-refractivity contribution in [3.05, 3.63) is 0 Å². The molecule has 1 heterocycles. The average Bonchev–Trinajstić information content (AvgIpc) is 2.27. The molecule has 108 valence electrons. The second-order valence-corrected chi connectivity index (χ2v) is 5.48. The lowest BCUT2D eigenvalue weighted by Crippen LogP contribution is -2.48. The van der Waals surface area contributed by atoms with E-state index in [1.165, 1.54) is 0 Å². The first kappa shape index (κ1) is 15.5. The lowest BCUT2D eigenvalue weighted by atomic mass is 9.92. The maximum atomic E-state index is 12.1. The zero-order valence-corrected chi connectivity index (χ0v) is 11.5. The first-order valence-electron chi connectivity index (χ1n) is 6.61. The molecule has 0 bridgehead atoms. The number of hydrogen-bond donors (Lipinski definition) is 2. The van der Waals surface area contributed by atoms with Crippen LogP contribution in [0.4, 0.5) is 0 Å². The maximum Gasteiger partial charge on any atom is 0.303 e. The van der Waals surface area contributed by atoms with Gasteiger partial charge in [0, 0.05) is 25.4 Å². The summed E-state index contributed by atoms with van der Waals surface area (Å²) < 4.78 is 0. The van der Waals surface area contributed by atoms with Crippen LogP contribution in [0.2, 0.25) is 0 Å². The van der Waals surface area contributed by atoms with Gasteiger partial charge in [-0.15, -0.1) is 0 Å². The summed E-state index contributed by atoms with van der Waals surface area (Å²) in [5.41, 5.74) is 5.29. The third-order valence-electron chi connectivity index (χ3n) is 3.65. The van der Waals surface area contributed by atoms with Gasteiger partial charge in [-0.2, -0.15) is 0 Å². The molecule has 3 unspecified atom stereocenters. The van der Waals surface area contributed by atoms with Crippen LogP contribution in [0.15, 0.2) is 0 Å². The highest BCUT2D eigenvalue weighted by Crippen LogP contribution is 2.23. The molecule has 0 aromatic heterocycles. The highest BCUT2D eigenvalue weighted by Gasteiger charge is 2.32. The molecule has 2 amide bonds. The summed E-state index contributed by atoms with van der Waals surface area (Å²) in [4.78, 5) is 35.6. The highest BCUT2D eigenvalue weighted by atomic mass is 16.4. The Morgan fingerprint density at radius 2 is 1.95 bits per heavy atom. The number of amides is 2. The van der Waals surface area contributed by atoms with Crippen LogP contribution >= 0.6 is 0 Å². The van der Waals surface area contributed by atoms with Crippen molar-refractivity contribution in [2.75, 3.05) is 6.54 Å². The molecule has 0 radical (unpaired) electrons. The Morgan fingerprint density at radius 3 is 2.47 bits per heavy atom. The van der Waals surface area contributed by atoms with E-state index in [0.29, 0.717) is 13.0 Å². The van der Waals surface area contributed by atoms with E-state index in [9.17, 15) is 14.4 Å². The summed E-state index contributed by atoms with van der Waals surface area (Å²) in [5, 5.41) is 8.69. The van der Waals surface area contributed by atoms with Gasteiger partial charge in [0.1, 0.15) is 0 Å². The topological polar surface area (TPSA) is 101 Å². The van der Waals surface area contributed by atoms with Crippen molar-refractivity contribution in [1.82, 2.24) is 4.90 Å². The molecule has 0 aromatic rings. The van der Waals surface area contributed by atoms with Crippen molar-refractivity contribution < 1.29 is 19.5 Å². The van der Waals surface area contributed by atoms with Gasteiger partial charge in [0.15, 0.2) is 0 Å². The molecule has 1 fully saturated rings. The van der Waals surface area contributed by atoms with Gasteiger partial charge in [0.2, 0.25) is 11.8 Å². The summed E-state index contributed by atoms with van der Waals surface area (Å²) in [6.45, 7) is 4.04. The number of nitrogens with zero attached hydrogens (tertiary/aromatic N) is 1. The predicted molar refractivity (Wildman–Crippen MR) is 69.1 cm³/mol. The van der Waals surface area contributed by atoms with Crippen LogP contribution in [-0.2, 0) is 14.4 Å². The van der Waals surface area contributed by atoms with E-state index in [1.54, 1.807) is 11.8 Å². The minimum Gasteiger partial charge on any atom is -0.481 e. The second-order valence-electron chi connectivity index (χ2n) is 5.48. The molecule has 0 aliphatic carbocycles. The summed E-state index contributed by atoms with van der Waals surface area (Å²) in [5.74, 6) is -1.85. The van der Waals surface area contributed by atoms with Gasteiger partial charge in [-0.1, -0.05) is 6.92 Å². The van der Waals surface area contributed by atoms with Crippen molar-refractivity contribution in [2.24, 2.45) is 17.6 Å². The molecule has 19 heavy (non-hydrogen) atoms. The number of hydrogen-bond acceptors (Lipinski definition) is 3. The fraction of sp³-hybridized carbons (Fsp3) is 0.769. The molecular weight excluding hydrogens is 248 g/mol. The Labute approximate surface area is 112 Å². The van der Waals surface area contributed by atoms with Gasteiger partial charge in [0.05, 0.1) is 5.92 Å². The van der Waals surface area contributed by atoms with E-state index < -0.39 is 5.97 Å². The van der Waals surface area contributed by atoms with Crippen LogP contribution in [0.25, 0.3) is 0 Å². The van der Waals surface area contributed by atoms with E-state index in [-0.39, 0.29) is 42.5 Å². The fourth-order valence-electron chi connectivity index (χ4n) is 2.47. The van der Waals surface area contributed by atoms with Gasteiger partial charge >= 0.3 is 5.97 Å². The smallest absolute Gasteiger partial charge is 0.303 e. The number of aliphatic carboxylic acids is 1. The number of likely N-dealkylation sites (tertiary alicyclic amines) is 1. The minimum atomic E-state index is -0.901. The molecule has 0 spiro atoms. The van der Waals surface area contributed by atoms with E-state index in [0.717, 1.165) is 6.42 Å². The Balaban J connectivity index is 2.58. The fourth-order valence-corrected chi connectivity index (χ4v) is 2.47. The third kappa shape index (κ3) is 4.54. The Hall–Kier alpha value is -1.59.